The molecule has 7 nitrogen and oxygen atoms in total. The van der Waals surface area contributed by atoms with Gasteiger partial charge in [-0.1, -0.05) is 20.3 Å². The van der Waals surface area contributed by atoms with E-state index < -0.39 is 16.1 Å². The van der Waals surface area contributed by atoms with Gasteiger partial charge in [-0.05, 0) is 6.42 Å². The summed E-state index contributed by atoms with van der Waals surface area (Å²) in [7, 11) is -3.70. The topological polar surface area (TPSA) is 125 Å². The number of rotatable bonds is 7. The molecule has 0 aliphatic carbocycles. The number of amidine groups is 1. The van der Waals surface area contributed by atoms with Gasteiger partial charge < -0.3 is 10.7 Å². The van der Waals surface area contributed by atoms with Crippen molar-refractivity contribution in [3.63, 3.8) is 0 Å². The molecule has 0 radical (unpaired) electrons. The summed E-state index contributed by atoms with van der Waals surface area (Å²) in [5, 5.41) is 7.37. The van der Waals surface area contributed by atoms with Crippen LogP contribution in [0.3, 0.4) is 0 Å². The summed E-state index contributed by atoms with van der Waals surface area (Å²) in [6, 6.07) is -0.673. The molecule has 0 spiro atoms. The van der Waals surface area contributed by atoms with Crippen LogP contribution in [0.2, 0.25) is 0 Å². The predicted octanol–water partition coefficient (Wildman–Crippen LogP) is 0.355. The lowest BCUT2D eigenvalue weighted by Crippen LogP contribution is -2.43. The van der Waals surface area contributed by atoms with Gasteiger partial charge in [0.15, 0.2) is 5.03 Å². The van der Waals surface area contributed by atoms with Crippen molar-refractivity contribution in [3.8, 4) is 0 Å². The molecule has 102 valence electrons. The minimum atomic E-state index is -3.70. The molecule has 0 amide bonds. The summed E-state index contributed by atoms with van der Waals surface area (Å²) in [5.41, 5.74) is 5.37. The molecule has 0 saturated carbocycles. The van der Waals surface area contributed by atoms with Crippen molar-refractivity contribution in [2.24, 2.45) is 5.73 Å². The highest BCUT2D eigenvalue weighted by Gasteiger charge is 2.23. The second-order valence-corrected chi connectivity index (χ2v) is 5.65. The fraction of sp³-hybridized carbons (Fsp3) is 0.600. The Morgan fingerprint density at radius 2 is 2.28 bits per heavy atom. The Hall–Kier alpha value is -1.41. The number of nitrogens with zero attached hydrogens (tertiary/aromatic N) is 1. The van der Waals surface area contributed by atoms with Crippen LogP contribution in [0.25, 0.3) is 0 Å². The van der Waals surface area contributed by atoms with E-state index in [2.05, 4.69) is 14.7 Å². The number of nitrogens with one attached hydrogen (secondary N) is 3. The maximum atomic E-state index is 12.0. The highest BCUT2D eigenvalue weighted by molar-refractivity contribution is 7.89. The van der Waals surface area contributed by atoms with Crippen LogP contribution in [0.1, 0.15) is 32.5 Å². The Bertz CT molecular complexity index is 508. The third kappa shape index (κ3) is 3.54. The number of hydrogen-bond acceptors (Lipinski definition) is 4. The summed E-state index contributed by atoms with van der Waals surface area (Å²) in [5.74, 6) is 0.417. The Morgan fingerprint density at radius 3 is 2.72 bits per heavy atom. The molecule has 0 saturated heterocycles. The molecule has 8 heteroatoms. The lowest BCUT2D eigenvalue weighted by molar-refractivity contribution is 0.562. The van der Waals surface area contributed by atoms with Crippen molar-refractivity contribution in [1.29, 1.82) is 5.41 Å². The van der Waals surface area contributed by atoms with Crippen LogP contribution in [-0.4, -0.2) is 30.3 Å². The Kier molecular flexibility index (Phi) is 4.85. The minimum absolute atomic E-state index is 0.00158. The molecule has 1 rings (SSSR count). The molecule has 0 fully saturated rings. The predicted molar refractivity (Wildman–Crippen MR) is 68.9 cm³/mol. The van der Waals surface area contributed by atoms with Crippen LogP contribution in [0.15, 0.2) is 11.2 Å². The fourth-order valence-electron chi connectivity index (χ4n) is 1.48. The quantitative estimate of drug-likeness (QED) is 0.422. The monoisotopic (exact) mass is 273 g/mol. The van der Waals surface area contributed by atoms with E-state index in [1.807, 2.05) is 13.8 Å². The van der Waals surface area contributed by atoms with E-state index in [9.17, 15) is 8.42 Å². The first-order chi connectivity index (χ1) is 8.40. The molecule has 18 heavy (non-hydrogen) atoms. The number of hydrogen-bond donors (Lipinski definition) is 4. The molecule has 0 bridgehead atoms. The maximum absolute atomic E-state index is 12.0. The fourth-order valence-corrected chi connectivity index (χ4v) is 2.67. The number of aryl methyl sites for hydroxylation is 1. The standard InChI is InChI=1S/C10H19N5O2S/c1-3-5-7(10(11)12)15-18(16,17)9-6-13-8(4-2)14-9/h6-7,15H,3-5H2,1-2H3,(H3,11,12)(H,13,14). The van der Waals surface area contributed by atoms with Crippen molar-refractivity contribution in [2.45, 2.75) is 44.2 Å². The van der Waals surface area contributed by atoms with Crippen LogP contribution in [0, 0.1) is 5.41 Å². The van der Waals surface area contributed by atoms with Crippen LogP contribution < -0.4 is 10.5 Å². The average Bonchev–Trinajstić information content (AvgIpc) is 2.77. The summed E-state index contributed by atoms with van der Waals surface area (Å²) in [4.78, 5) is 6.66. The largest absolute Gasteiger partial charge is 0.386 e. The molecule has 1 atom stereocenters. The zero-order chi connectivity index (χ0) is 13.8. The van der Waals surface area contributed by atoms with E-state index in [1.54, 1.807) is 0 Å². The molecule has 1 aromatic heterocycles. The second-order valence-electron chi connectivity index (χ2n) is 3.97. The van der Waals surface area contributed by atoms with Gasteiger partial charge in [-0.25, -0.2) is 13.4 Å². The number of imidazole rings is 1. The summed E-state index contributed by atoms with van der Waals surface area (Å²) < 4.78 is 26.4. The lowest BCUT2D eigenvalue weighted by atomic mass is 10.2. The SMILES string of the molecule is CCCC(NS(=O)(=O)c1cnc(CC)[nH]1)C(=N)N. The molecule has 0 aromatic carbocycles. The number of aromatic nitrogens is 2. The number of H-pyrrole nitrogens is 1. The molecule has 1 heterocycles. The molecule has 1 unspecified atom stereocenters. The van der Waals surface area contributed by atoms with Gasteiger partial charge in [0.25, 0.3) is 10.0 Å². The van der Waals surface area contributed by atoms with Gasteiger partial charge in [0.1, 0.15) is 11.7 Å². The van der Waals surface area contributed by atoms with Crippen molar-refractivity contribution >= 4 is 15.9 Å². The summed E-state index contributed by atoms with van der Waals surface area (Å²) >= 11 is 0. The Morgan fingerprint density at radius 1 is 1.61 bits per heavy atom. The molecule has 1 aromatic rings. The normalized spacial score (nSPS) is 13.4. The van der Waals surface area contributed by atoms with Crippen molar-refractivity contribution in [3.05, 3.63) is 12.0 Å². The van der Waals surface area contributed by atoms with E-state index >= 15 is 0 Å². The van der Waals surface area contributed by atoms with E-state index in [0.717, 1.165) is 6.42 Å². The maximum Gasteiger partial charge on any atom is 0.258 e. The van der Waals surface area contributed by atoms with Crippen molar-refractivity contribution in [2.75, 3.05) is 0 Å². The molecular formula is C10H19N5O2S. The number of sulfonamides is 1. The highest BCUT2D eigenvalue weighted by atomic mass is 32.2. The number of aromatic amines is 1. The first-order valence-corrected chi connectivity index (χ1v) is 7.29. The third-order valence-corrected chi connectivity index (χ3v) is 3.86. The van der Waals surface area contributed by atoms with Gasteiger partial charge in [0.05, 0.1) is 12.2 Å². The zero-order valence-corrected chi connectivity index (χ0v) is 11.3. The van der Waals surface area contributed by atoms with Gasteiger partial charge in [-0.15, -0.1) is 0 Å². The Labute approximate surface area is 107 Å². The second kappa shape index (κ2) is 5.96. The van der Waals surface area contributed by atoms with Crippen molar-refractivity contribution < 1.29 is 8.42 Å². The van der Waals surface area contributed by atoms with E-state index in [-0.39, 0.29) is 10.9 Å². The van der Waals surface area contributed by atoms with Gasteiger partial charge in [-0.3, -0.25) is 5.41 Å². The lowest BCUT2D eigenvalue weighted by Gasteiger charge is -2.15. The Balaban J connectivity index is 2.89. The van der Waals surface area contributed by atoms with Gasteiger partial charge >= 0.3 is 0 Å². The van der Waals surface area contributed by atoms with E-state index in [4.69, 9.17) is 11.1 Å². The molecule has 0 aliphatic rings. The number of nitrogens with two attached hydrogens (primary N) is 1. The average molecular weight is 273 g/mol. The van der Waals surface area contributed by atoms with Crippen LogP contribution in [0.5, 0.6) is 0 Å². The van der Waals surface area contributed by atoms with E-state index in [1.165, 1.54) is 6.20 Å². The van der Waals surface area contributed by atoms with Crippen LogP contribution in [0.4, 0.5) is 0 Å². The van der Waals surface area contributed by atoms with Crippen LogP contribution >= 0.6 is 0 Å². The van der Waals surface area contributed by atoms with Gasteiger partial charge in [-0.2, -0.15) is 4.72 Å². The smallest absolute Gasteiger partial charge is 0.258 e. The molecular weight excluding hydrogens is 254 g/mol. The first kappa shape index (κ1) is 14.7. The van der Waals surface area contributed by atoms with E-state index in [0.29, 0.717) is 18.7 Å². The van der Waals surface area contributed by atoms with Crippen LogP contribution in [-0.2, 0) is 16.4 Å². The highest BCUT2D eigenvalue weighted by Crippen LogP contribution is 2.08. The van der Waals surface area contributed by atoms with Gasteiger partial charge in [0.2, 0.25) is 0 Å². The third-order valence-electron chi connectivity index (χ3n) is 2.48. The first-order valence-electron chi connectivity index (χ1n) is 5.80. The summed E-state index contributed by atoms with van der Waals surface area (Å²) in [6.45, 7) is 3.77. The minimum Gasteiger partial charge on any atom is -0.386 e. The molecule has 0 aliphatic heterocycles. The summed E-state index contributed by atoms with van der Waals surface area (Å²) in [6.07, 6.45) is 3.12. The molecule has 5 N–H and O–H groups in total. The zero-order valence-electron chi connectivity index (χ0n) is 10.5. The van der Waals surface area contributed by atoms with Gasteiger partial charge in [0, 0.05) is 6.42 Å². The van der Waals surface area contributed by atoms with Crippen molar-refractivity contribution in [1.82, 2.24) is 14.7 Å².